The van der Waals surface area contributed by atoms with Gasteiger partial charge in [0.05, 0.1) is 0 Å². The van der Waals surface area contributed by atoms with E-state index in [9.17, 15) is 9.36 Å². The van der Waals surface area contributed by atoms with Gasteiger partial charge in [-0.05, 0) is 12.1 Å². The molecular formula is C7H9N2O5P. The van der Waals surface area contributed by atoms with Gasteiger partial charge in [-0.25, -0.2) is 9.36 Å². The summed E-state index contributed by atoms with van der Waals surface area (Å²) in [5.74, 6) is 0. The molecule has 1 rings (SSSR count). The number of hydrogen-bond acceptors (Lipinski definition) is 4. The highest BCUT2D eigenvalue weighted by Gasteiger charge is 2.23. The van der Waals surface area contributed by atoms with Crippen LogP contribution in [0.4, 0.5) is 10.5 Å². The minimum Gasteiger partial charge on any atom is -0.449 e. The van der Waals surface area contributed by atoms with E-state index < -0.39 is 13.9 Å². The molecule has 82 valence electrons. The van der Waals surface area contributed by atoms with Gasteiger partial charge in [0.15, 0.2) is 0 Å². The molecule has 0 amide bonds. The van der Waals surface area contributed by atoms with Gasteiger partial charge >= 0.3 is 13.9 Å². The molecule has 0 aromatic heterocycles. The first-order chi connectivity index (χ1) is 6.99. The average molecular weight is 232 g/mol. The van der Waals surface area contributed by atoms with E-state index in [4.69, 9.17) is 10.00 Å². The molecule has 1 aromatic carbocycles. The van der Waals surface area contributed by atoms with Crippen LogP contribution in [0.25, 0.3) is 0 Å². The van der Waals surface area contributed by atoms with Gasteiger partial charge < -0.3 is 19.9 Å². The summed E-state index contributed by atoms with van der Waals surface area (Å²) >= 11 is 0. The first kappa shape index (κ1) is 11.5. The van der Waals surface area contributed by atoms with Crippen LogP contribution in [0.3, 0.4) is 0 Å². The standard InChI is InChI=1S/C7H9N2O5P/c10-7(11)14-15(12,13)9-8-6-4-2-1-3-5-6/h1-5,8H,(H,10,11)(H2,9,12,13). The van der Waals surface area contributed by atoms with Crippen LogP contribution in [-0.2, 0) is 9.09 Å². The van der Waals surface area contributed by atoms with E-state index in [1.165, 1.54) is 0 Å². The van der Waals surface area contributed by atoms with Gasteiger partial charge in [-0.15, -0.1) is 5.20 Å². The maximum atomic E-state index is 11.0. The summed E-state index contributed by atoms with van der Waals surface area (Å²) in [7, 11) is -4.37. The first-order valence-corrected chi connectivity index (χ1v) is 5.41. The highest BCUT2D eigenvalue weighted by molar-refractivity contribution is 7.51. The van der Waals surface area contributed by atoms with E-state index in [1.807, 2.05) is 5.20 Å². The maximum absolute atomic E-state index is 11.0. The Hall–Kier alpha value is -1.56. The van der Waals surface area contributed by atoms with Crippen molar-refractivity contribution in [2.75, 3.05) is 5.43 Å². The number of nitrogens with one attached hydrogen (secondary N) is 2. The van der Waals surface area contributed by atoms with Crippen LogP contribution >= 0.6 is 7.75 Å². The molecule has 1 unspecified atom stereocenters. The highest BCUT2D eigenvalue weighted by Crippen LogP contribution is 2.36. The van der Waals surface area contributed by atoms with E-state index in [-0.39, 0.29) is 0 Å². The lowest BCUT2D eigenvalue weighted by atomic mass is 10.3. The smallest absolute Gasteiger partial charge is 0.449 e. The summed E-state index contributed by atoms with van der Waals surface area (Å²) in [6, 6.07) is 8.40. The first-order valence-electron chi connectivity index (χ1n) is 3.83. The zero-order valence-electron chi connectivity index (χ0n) is 7.45. The molecule has 0 aliphatic heterocycles. The maximum Gasteiger partial charge on any atom is 0.513 e. The largest absolute Gasteiger partial charge is 0.513 e. The lowest BCUT2D eigenvalue weighted by molar-refractivity contribution is 0.137. The average Bonchev–Trinajstić information content (AvgIpc) is 2.15. The van der Waals surface area contributed by atoms with Crippen LogP contribution in [0.5, 0.6) is 0 Å². The molecular weight excluding hydrogens is 223 g/mol. The van der Waals surface area contributed by atoms with E-state index in [1.54, 1.807) is 30.3 Å². The Balaban J connectivity index is 2.50. The second-order valence-corrected chi connectivity index (χ2v) is 3.93. The Bertz CT molecular complexity index is 382. The molecule has 7 nitrogen and oxygen atoms in total. The topological polar surface area (TPSA) is 108 Å². The number of benzene rings is 1. The van der Waals surface area contributed by atoms with Gasteiger partial charge in [-0.1, -0.05) is 18.2 Å². The monoisotopic (exact) mass is 232 g/mol. The molecule has 8 heteroatoms. The molecule has 1 aromatic rings. The van der Waals surface area contributed by atoms with Gasteiger partial charge in [0, 0.05) is 5.69 Å². The van der Waals surface area contributed by atoms with Crippen LogP contribution in [0.15, 0.2) is 30.3 Å². The zero-order valence-corrected chi connectivity index (χ0v) is 8.35. The quantitative estimate of drug-likeness (QED) is 0.459. The van der Waals surface area contributed by atoms with Crippen LogP contribution in [0.1, 0.15) is 0 Å². The summed E-state index contributed by atoms with van der Waals surface area (Å²) in [5.41, 5.74) is 2.84. The van der Waals surface area contributed by atoms with Crippen molar-refractivity contribution in [2.24, 2.45) is 0 Å². The Morgan fingerprint density at radius 3 is 2.47 bits per heavy atom. The number of hydrogen-bond donors (Lipinski definition) is 4. The predicted molar refractivity (Wildman–Crippen MR) is 52.1 cm³/mol. The molecule has 1 atom stereocenters. The van der Waals surface area contributed by atoms with Crippen molar-refractivity contribution in [3.63, 3.8) is 0 Å². The third-order valence-corrected chi connectivity index (χ3v) is 2.12. The number of hydrazine groups is 1. The van der Waals surface area contributed by atoms with Gasteiger partial charge in [-0.3, -0.25) is 0 Å². The van der Waals surface area contributed by atoms with Gasteiger partial charge in [-0.2, -0.15) is 0 Å². The summed E-state index contributed by atoms with van der Waals surface area (Å²) in [4.78, 5) is 18.9. The molecule has 0 aliphatic rings. The highest BCUT2D eigenvalue weighted by atomic mass is 31.2. The summed E-state index contributed by atoms with van der Waals surface area (Å²) in [6.07, 6.45) is -1.83. The van der Waals surface area contributed by atoms with Crippen molar-refractivity contribution in [2.45, 2.75) is 0 Å². The van der Waals surface area contributed by atoms with Crippen molar-refractivity contribution in [3.8, 4) is 0 Å². The lowest BCUT2D eigenvalue weighted by Gasteiger charge is -2.12. The van der Waals surface area contributed by atoms with Crippen LogP contribution in [-0.4, -0.2) is 16.2 Å². The Morgan fingerprint density at radius 2 is 1.93 bits per heavy atom. The van der Waals surface area contributed by atoms with Gasteiger partial charge in [0.2, 0.25) is 0 Å². The number of anilines is 1. The number of carboxylic acid groups (broad SMARTS) is 1. The molecule has 0 spiro atoms. The van der Waals surface area contributed by atoms with Crippen LogP contribution < -0.4 is 10.6 Å². The number of rotatable bonds is 4. The second kappa shape index (κ2) is 4.79. The minimum atomic E-state index is -4.37. The van der Waals surface area contributed by atoms with E-state index >= 15 is 0 Å². The van der Waals surface area contributed by atoms with E-state index in [0.29, 0.717) is 5.69 Å². The van der Waals surface area contributed by atoms with Crippen molar-refractivity contribution < 1.29 is 23.9 Å². The Morgan fingerprint density at radius 1 is 1.33 bits per heavy atom. The SMILES string of the molecule is O=C(O)OP(=O)(O)NNc1ccccc1. The molecule has 4 N–H and O–H groups in total. The predicted octanol–water partition coefficient (Wildman–Crippen LogP) is 1.40. The van der Waals surface area contributed by atoms with Crippen molar-refractivity contribution in [1.82, 2.24) is 5.20 Å². The third-order valence-electron chi connectivity index (χ3n) is 1.32. The van der Waals surface area contributed by atoms with E-state index in [2.05, 4.69) is 9.95 Å². The van der Waals surface area contributed by atoms with Gasteiger partial charge in [0.25, 0.3) is 0 Å². The molecule has 15 heavy (non-hydrogen) atoms. The summed E-state index contributed by atoms with van der Waals surface area (Å²) in [6.45, 7) is 0. The summed E-state index contributed by atoms with van der Waals surface area (Å²) < 4.78 is 14.7. The molecule has 0 aliphatic carbocycles. The summed E-state index contributed by atoms with van der Waals surface area (Å²) in [5, 5.41) is 9.99. The van der Waals surface area contributed by atoms with Crippen LogP contribution in [0.2, 0.25) is 0 Å². The molecule has 0 saturated heterocycles. The molecule has 0 radical (unpaired) electrons. The normalized spacial score (nSPS) is 13.9. The lowest BCUT2D eigenvalue weighted by Crippen LogP contribution is -2.20. The van der Waals surface area contributed by atoms with Crippen LogP contribution in [0, 0.1) is 0 Å². The van der Waals surface area contributed by atoms with Crippen molar-refractivity contribution in [3.05, 3.63) is 30.3 Å². The fourth-order valence-electron chi connectivity index (χ4n) is 0.785. The number of carbonyl (C=O) groups is 1. The molecule has 0 heterocycles. The fourth-order valence-corrected chi connectivity index (χ4v) is 1.31. The second-order valence-electron chi connectivity index (χ2n) is 2.48. The zero-order chi connectivity index (χ0) is 11.3. The fraction of sp³-hybridized carbons (Fsp3) is 0. The molecule has 0 fully saturated rings. The van der Waals surface area contributed by atoms with Crippen molar-refractivity contribution in [1.29, 1.82) is 0 Å². The van der Waals surface area contributed by atoms with Crippen molar-refractivity contribution >= 4 is 19.6 Å². The number of para-hydroxylation sites is 1. The van der Waals surface area contributed by atoms with E-state index in [0.717, 1.165) is 0 Å². The third kappa shape index (κ3) is 4.46. The minimum absolute atomic E-state index is 0.501. The molecule has 0 bridgehead atoms. The van der Waals surface area contributed by atoms with Gasteiger partial charge in [0.1, 0.15) is 0 Å². The Kier molecular flexibility index (Phi) is 3.68. The molecule has 0 saturated carbocycles. The Labute approximate surface area is 85.2 Å².